The smallest absolute Gasteiger partial charge is 0.550 e. The van der Waals surface area contributed by atoms with E-state index in [0.717, 1.165) is 17.1 Å². The fourth-order valence-corrected chi connectivity index (χ4v) is 2.12. The molecule has 0 bridgehead atoms. The molecule has 1 N–H and O–H groups in total. The number of aromatic nitrogens is 1. The maximum absolute atomic E-state index is 10.5. The Morgan fingerprint density at radius 2 is 1.83 bits per heavy atom. The number of nitrogens with zero attached hydrogens (tertiary/aromatic N) is 2. The summed E-state index contributed by atoms with van der Waals surface area (Å²) < 4.78 is 0. The number of hydrogen-bond acceptors (Lipinski definition) is 5. The van der Waals surface area contributed by atoms with Crippen molar-refractivity contribution in [3.8, 4) is 0 Å². The van der Waals surface area contributed by atoms with Gasteiger partial charge in [0.2, 0.25) is 0 Å². The number of aliphatic carboxylic acids is 1. The number of pyridine rings is 1. The minimum Gasteiger partial charge on any atom is -0.550 e. The number of hydrogen-bond donors (Lipinski definition) is 1. The molecule has 0 aliphatic rings. The number of unbranched alkanes of at least 4 members (excludes halogenated alkanes) is 1. The summed E-state index contributed by atoms with van der Waals surface area (Å²) in [6, 6.07) is 12.8. The summed E-state index contributed by atoms with van der Waals surface area (Å²) in [6.45, 7) is 0. The molecule has 0 aliphatic heterocycles. The summed E-state index contributed by atoms with van der Waals surface area (Å²) in [4.78, 5) is 14.8. The SMILES string of the molecule is O=C([O-])CCCC/C(=N\Nc1ccc(Cl)cc1)c1ccccn1.[K+]. The van der Waals surface area contributed by atoms with E-state index in [1.54, 1.807) is 18.3 Å². The van der Waals surface area contributed by atoms with Crippen molar-refractivity contribution < 1.29 is 61.3 Å². The number of carboxylic acid groups (broad SMARTS) is 1. The molecule has 7 heteroatoms. The Labute approximate surface area is 188 Å². The second-order valence-electron chi connectivity index (χ2n) is 4.97. The van der Waals surface area contributed by atoms with E-state index in [2.05, 4.69) is 15.5 Å². The van der Waals surface area contributed by atoms with Gasteiger partial charge in [-0.25, -0.2) is 0 Å². The first-order chi connectivity index (χ1) is 11.1. The van der Waals surface area contributed by atoms with Crippen molar-refractivity contribution in [1.29, 1.82) is 0 Å². The van der Waals surface area contributed by atoms with Gasteiger partial charge >= 0.3 is 51.4 Å². The number of halogens is 1. The van der Waals surface area contributed by atoms with Gasteiger partial charge in [-0.2, -0.15) is 5.10 Å². The zero-order valence-electron chi connectivity index (χ0n) is 13.5. The quantitative estimate of drug-likeness (QED) is 0.304. The average Bonchev–Trinajstić information content (AvgIpc) is 2.56. The van der Waals surface area contributed by atoms with Gasteiger partial charge in [-0.05, 0) is 62.1 Å². The third-order valence-corrected chi connectivity index (χ3v) is 3.42. The standard InChI is InChI=1S/C17H18ClN3O2.K/c18-13-8-10-14(11-9-13)20-21-16(6-1-2-7-17(22)23)15-5-3-4-12-19-15;/h3-5,8-12,20H,1-2,6-7H2,(H,22,23);/q;+1/p-1/b21-16+;. The van der Waals surface area contributed by atoms with Crippen LogP contribution in [0.15, 0.2) is 53.8 Å². The van der Waals surface area contributed by atoms with Gasteiger partial charge < -0.3 is 9.90 Å². The molecule has 0 atom stereocenters. The Morgan fingerprint density at radius 3 is 2.46 bits per heavy atom. The van der Waals surface area contributed by atoms with Gasteiger partial charge in [0.25, 0.3) is 0 Å². The minimum absolute atomic E-state index is 0. The fourth-order valence-electron chi connectivity index (χ4n) is 1.99. The van der Waals surface area contributed by atoms with E-state index in [4.69, 9.17) is 11.6 Å². The van der Waals surface area contributed by atoms with Crippen LogP contribution in [0.25, 0.3) is 0 Å². The van der Waals surface area contributed by atoms with Crippen LogP contribution in [-0.2, 0) is 4.79 Å². The summed E-state index contributed by atoms with van der Waals surface area (Å²) in [5.74, 6) is -1.03. The molecule has 1 aromatic heterocycles. The summed E-state index contributed by atoms with van der Waals surface area (Å²) >= 11 is 5.85. The molecule has 2 aromatic rings. The van der Waals surface area contributed by atoms with Crippen LogP contribution in [0.1, 0.15) is 31.4 Å². The number of carboxylic acids is 1. The van der Waals surface area contributed by atoms with Crippen molar-refractivity contribution in [3.05, 3.63) is 59.4 Å². The van der Waals surface area contributed by atoms with Crippen LogP contribution in [0.4, 0.5) is 5.69 Å². The first kappa shape index (κ1) is 21.3. The maximum atomic E-state index is 10.5. The molecule has 0 spiro atoms. The van der Waals surface area contributed by atoms with Crippen LogP contribution in [0.3, 0.4) is 0 Å². The summed E-state index contributed by atoms with van der Waals surface area (Å²) in [6.07, 6.45) is 3.64. The zero-order valence-corrected chi connectivity index (χ0v) is 17.4. The van der Waals surface area contributed by atoms with Crippen LogP contribution < -0.4 is 61.9 Å². The molecule has 0 radical (unpaired) electrons. The van der Waals surface area contributed by atoms with Crippen molar-refractivity contribution >= 4 is 29.0 Å². The third-order valence-electron chi connectivity index (χ3n) is 3.17. The molecule has 1 heterocycles. The molecular weight excluding hydrogens is 353 g/mol. The number of anilines is 1. The van der Waals surface area contributed by atoms with Crippen LogP contribution in [0.5, 0.6) is 0 Å². The molecule has 0 amide bonds. The number of carbonyl (C=O) groups excluding carboxylic acids is 1. The van der Waals surface area contributed by atoms with Crippen LogP contribution in [0, 0.1) is 0 Å². The van der Waals surface area contributed by atoms with Crippen LogP contribution in [-0.4, -0.2) is 16.7 Å². The van der Waals surface area contributed by atoms with E-state index in [1.807, 2.05) is 30.3 Å². The number of nitrogens with one attached hydrogen (secondary N) is 1. The van der Waals surface area contributed by atoms with E-state index in [9.17, 15) is 9.90 Å². The number of carbonyl (C=O) groups is 1. The molecule has 0 fully saturated rings. The second-order valence-corrected chi connectivity index (χ2v) is 5.41. The van der Waals surface area contributed by atoms with Crippen molar-refractivity contribution in [2.45, 2.75) is 25.7 Å². The third kappa shape index (κ3) is 7.87. The van der Waals surface area contributed by atoms with Crippen molar-refractivity contribution in [2.24, 2.45) is 5.10 Å². The van der Waals surface area contributed by atoms with E-state index in [0.29, 0.717) is 24.3 Å². The van der Waals surface area contributed by atoms with Gasteiger partial charge in [-0.15, -0.1) is 0 Å². The Hall–Kier alpha value is -0.764. The number of hydrazone groups is 1. The van der Waals surface area contributed by atoms with E-state index < -0.39 is 5.97 Å². The largest absolute Gasteiger partial charge is 1.00 e. The summed E-state index contributed by atoms with van der Waals surface area (Å²) in [7, 11) is 0. The zero-order chi connectivity index (χ0) is 16.5. The molecule has 0 aliphatic carbocycles. The summed E-state index contributed by atoms with van der Waals surface area (Å²) in [5.41, 5.74) is 5.34. The normalized spacial score (nSPS) is 10.8. The van der Waals surface area contributed by atoms with E-state index >= 15 is 0 Å². The molecule has 5 nitrogen and oxygen atoms in total. The van der Waals surface area contributed by atoms with Gasteiger partial charge in [0.1, 0.15) is 0 Å². The summed E-state index contributed by atoms with van der Waals surface area (Å²) in [5, 5.41) is 15.5. The molecular formula is C17H17ClKN3O2. The molecule has 120 valence electrons. The predicted molar refractivity (Wildman–Crippen MR) is 89.3 cm³/mol. The van der Waals surface area contributed by atoms with Crippen LogP contribution in [0.2, 0.25) is 5.02 Å². The molecule has 1 aromatic carbocycles. The predicted octanol–water partition coefficient (Wildman–Crippen LogP) is -0.135. The second kappa shape index (κ2) is 11.7. The number of benzene rings is 1. The molecule has 0 saturated carbocycles. The number of rotatable bonds is 8. The molecule has 0 unspecified atom stereocenters. The molecule has 24 heavy (non-hydrogen) atoms. The first-order valence-electron chi connectivity index (χ1n) is 7.34. The topological polar surface area (TPSA) is 77.4 Å². The van der Waals surface area contributed by atoms with Gasteiger partial charge in [-0.3, -0.25) is 10.4 Å². The molecule has 2 rings (SSSR count). The van der Waals surface area contributed by atoms with Gasteiger partial charge in [-0.1, -0.05) is 17.7 Å². The van der Waals surface area contributed by atoms with Crippen molar-refractivity contribution in [2.75, 3.05) is 5.43 Å². The van der Waals surface area contributed by atoms with E-state index in [1.165, 1.54) is 0 Å². The minimum atomic E-state index is -1.03. The van der Waals surface area contributed by atoms with Crippen LogP contribution >= 0.6 is 11.6 Å². The Balaban J connectivity index is 0.00000288. The maximum Gasteiger partial charge on any atom is 1.00 e. The Morgan fingerprint density at radius 1 is 1.12 bits per heavy atom. The van der Waals surface area contributed by atoms with Gasteiger partial charge in [0, 0.05) is 17.2 Å². The van der Waals surface area contributed by atoms with Gasteiger partial charge in [0.15, 0.2) is 0 Å². The van der Waals surface area contributed by atoms with Gasteiger partial charge in [0.05, 0.1) is 17.1 Å². The van der Waals surface area contributed by atoms with E-state index in [-0.39, 0.29) is 57.8 Å². The average molecular weight is 370 g/mol. The Bertz CT molecular complexity index is 663. The monoisotopic (exact) mass is 369 g/mol. The van der Waals surface area contributed by atoms with Crippen molar-refractivity contribution in [3.63, 3.8) is 0 Å². The fraction of sp³-hybridized carbons (Fsp3) is 0.235. The molecule has 0 saturated heterocycles. The Kier molecular flexibility index (Phi) is 10.4. The van der Waals surface area contributed by atoms with Crippen molar-refractivity contribution in [1.82, 2.24) is 4.98 Å². The first-order valence-corrected chi connectivity index (χ1v) is 7.72.